The summed E-state index contributed by atoms with van der Waals surface area (Å²) >= 11 is 12.4. The van der Waals surface area contributed by atoms with E-state index in [1.54, 1.807) is 17.0 Å². The first-order chi connectivity index (χ1) is 17.3. The van der Waals surface area contributed by atoms with Crippen LogP contribution in [0.3, 0.4) is 0 Å². The van der Waals surface area contributed by atoms with E-state index in [1.165, 1.54) is 0 Å². The van der Waals surface area contributed by atoms with Crippen LogP contribution in [0.15, 0.2) is 72.8 Å². The van der Waals surface area contributed by atoms with Crippen LogP contribution in [-0.2, 0) is 22.6 Å². The first-order valence-corrected chi connectivity index (χ1v) is 12.8. The van der Waals surface area contributed by atoms with Gasteiger partial charge in [-0.2, -0.15) is 0 Å². The minimum Gasteiger partial charge on any atom is -0.484 e. The molecule has 36 heavy (non-hydrogen) atoms. The summed E-state index contributed by atoms with van der Waals surface area (Å²) in [5.74, 6) is 0.117. The molecule has 2 amide bonds. The number of aryl methyl sites for hydroxylation is 1. The number of nitrogens with one attached hydrogen (secondary N) is 1. The van der Waals surface area contributed by atoms with Gasteiger partial charge in [0.1, 0.15) is 11.8 Å². The fourth-order valence-electron chi connectivity index (χ4n) is 3.77. The summed E-state index contributed by atoms with van der Waals surface area (Å²) in [6, 6.07) is 21.6. The molecule has 0 aliphatic rings. The highest BCUT2D eigenvalue weighted by atomic mass is 35.5. The Bertz CT molecular complexity index is 1170. The lowest BCUT2D eigenvalue weighted by molar-refractivity contribution is -0.143. The first kappa shape index (κ1) is 27.6. The molecule has 5 nitrogen and oxygen atoms in total. The maximum atomic E-state index is 13.6. The van der Waals surface area contributed by atoms with E-state index < -0.39 is 6.04 Å². The third kappa shape index (κ3) is 7.74. The highest BCUT2D eigenvalue weighted by Gasteiger charge is 2.31. The van der Waals surface area contributed by atoms with Crippen molar-refractivity contribution in [1.82, 2.24) is 10.2 Å². The number of nitrogens with zero attached hydrogens (tertiary/aromatic N) is 1. The Morgan fingerprint density at radius 3 is 2.31 bits per heavy atom. The summed E-state index contributed by atoms with van der Waals surface area (Å²) in [6.07, 6.45) is 1.14. The summed E-state index contributed by atoms with van der Waals surface area (Å²) in [7, 11) is 0. The number of para-hydroxylation sites is 1. The van der Waals surface area contributed by atoms with Crippen LogP contribution in [0, 0.1) is 6.92 Å². The quantitative estimate of drug-likeness (QED) is 0.322. The molecule has 0 saturated carbocycles. The van der Waals surface area contributed by atoms with E-state index in [-0.39, 0.29) is 31.0 Å². The molecule has 0 heterocycles. The van der Waals surface area contributed by atoms with Crippen LogP contribution in [0.4, 0.5) is 0 Å². The summed E-state index contributed by atoms with van der Waals surface area (Å²) in [4.78, 5) is 28.7. The van der Waals surface area contributed by atoms with Gasteiger partial charge in [-0.1, -0.05) is 84.7 Å². The second kappa shape index (κ2) is 13.3. The molecule has 2 atom stereocenters. The van der Waals surface area contributed by atoms with Crippen molar-refractivity contribution in [3.63, 3.8) is 0 Å². The smallest absolute Gasteiger partial charge is 0.261 e. The van der Waals surface area contributed by atoms with Crippen LogP contribution in [-0.4, -0.2) is 35.4 Å². The van der Waals surface area contributed by atoms with E-state index in [9.17, 15) is 9.59 Å². The lowest BCUT2D eigenvalue weighted by atomic mass is 10.0. The van der Waals surface area contributed by atoms with Crippen molar-refractivity contribution in [3.8, 4) is 5.75 Å². The summed E-state index contributed by atoms with van der Waals surface area (Å²) < 4.78 is 5.87. The molecule has 7 heteroatoms. The van der Waals surface area contributed by atoms with Gasteiger partial charge in [-0.15, -0.1) is 0 Å². The number of hydrogen-bond donors (Lipinski definition) is 1. The maximum Gasteiger partial charge on any atom is 0.261 e. The van der Waals surface area contributed by atoms with Crippen LogP contribution < -0.4 is 10.1 Å². The van der Waals surface area contributed by atoms with Crippen molar-refractivity contribution in [3.05, 3.63) is 99.5 Å². The fourth-order valence-corrected chi connectivity index (χ4v) is 4.09. The highest BCUT2D eigenvalue weighted by Crippen LogP contribution is 2.25. The van der Waals surface area contributed by atoms with Gasteiger partial charge in [0.2, 0.25) is 5.91 Å². The zero-order valence-corrected chi connectivity index (χ0v) is 22.4. The van der Waals surface area contributed by atoms with Crippen LogP contribution in [0.5, 0.6) is 5.75 Å². The minimum absolute atomic E-state index is 0.0269. The molecule has 3 rings (SSSR count). The molecule has 0 spiro atoms. The highest BCUT2D eigenvalue weighted by molar-refractivity contribution is 6.42. The number of halogens is 2. The van der Waals surface area contributed by atoms with E-state index >= 15 is 0 Å². The van der Waals surface area contributed by atoms with Gasteiger partial charge in [0.15, 0.2) is 6.61 Å². The van der Waals surface area contributed by atoms with Gasteiger partial charge in [0, 0.05) is 19.0 Å². The predicted molar refractivity (Wildman–Crippen MR) is 146 cm³/mol. The van der Waals surface area contributed by atoms with Gasteiger partial charge in [0.25, 0.3) is 5.91 Å². The van der Waals surface area contributed by atoms with Gasteiger partial charge in [-0.25, -0.2) is 0 Å². The van der Waals surface area contributed by atoms with E-state index in [4.69, 9.17) is 27.9 Å². The maximum absolute atomic E-state index is 13.6. The molecule has 0 fully saturated rings. The molecule has 0 bridgehead atoms. The van der Waals surface area contributed by atoms with E-state index in [1.807, 2.05) is 81.4 Å². The van der Waals surface area contributed by atoms with Crippen LogP contribution in [0.25, 0.3) is 0 Å². The zero-order valence-electron chi connectivity index (χ0n) is 20.8. The molecule has 1 N–H and O–H groups in total. The van der Waals surface area contributed by atoms with Crippen molar-refractivity contribution in [2.45, 2.75) is 52.2 Å². The normalized spacial score (nSPS) is 12.5. The van der Waals surface area contributed by atoms with E-state index in [2.05, 4.69) is 5.32 Å². The Kier molecular flexibility index (Phi) is 10.2. The minimum atomic E-state index is -0.746. The zero-order chi connectivity index (χ0) is 26.1. The monoisotopic (exact) mass is 526 g/mol. The Morgan fingerprint density at radius 1 is 0.944 bits per heavy atom. The third-order valence-corrected chi connectivity index (χ3v) is 6.79. The first-order valence-electron chi connectivity index (χ1n) is 12.0. The molecular weight excluding hydrogens is 495 g/mol. The molecule has 0 unspecified atom stereocenters. The second-order valence-corrected chi connectivity index (χ2v) is 9.66. The predicted octanol–water partition coefficient (Wildman–Crippen LogP) is 6.24. The van der Waals surface area contributed by atoms with Gasteiger partial charge < -0.3 is 15.0 Å². The Morgan fingerprint density at radius 2 is 1.64 bits per heavy atom. The number of ether oxygens (including phenoxy) is 1. The molecule has 0 radical (unpaired) electrons. The summed E-state index contributed by atoms with van der Waals surface area (Å²) in [5.41, 5.74) is 2.65. The Balaban J connectivity index is 1.94. The van der Waals surface area contributed by atoms with Gasteiger partial charge in [0.05, 0.1) is 10.0 Å². The van der Waals surface area contributed by atoms with Crippen molar-refractivity contribution in [1.29, 1.82) is 0 Å². The van der Waals surface area contributed by atoms with Crippen molar-refractivity contribution < 1.29 is 14.3 Å². The number of hydrogen-bond acceptors (Lipinski definition) is 3. The Labute approximate surface area is 223 Å². The van der Waals surface area contributed by atoms with Crippen LogP contribution in [0.1, 0.15) is 37.0 Å². The average molecular weight is 527 g/mol. The molecule has 0 aliphatic heterocycles. The number of carbonyl (C=O) groups excluding carboxylic acids is 2. The molecule has 3 aromatic carbocycles. The van der Waals surface area contributed by atoms with Crippen molar-refractivity contribution >= 4 is 35.0 Å². The molecule has 3 aromatic rings. The molecule has 0 aliphatic carbocycles. The molecule has 0 aromatic heterocycles. The van der Waals surface area contributed by atoms with Crippen molar-refractivity contribution in [2.75, 3.05) is 6.61 Å². The number of benzene rings is 3. The number of rotatable bonds is 11. The van der Waals surface area contributed by atoms with Gasteiger partial charge >= 0.3 is 0 Å². The molecular formula is C29H32Cl2N2O3. The second-order valence-electron chi connectivity index (χ2n) is 8.85. The lowest BCUT2D eigenvalue weighted by Gasteiger charge is -2.32. The topological polar surface area (TPSA) is 58.6 Å². The van der Waals surface area contributed by atoms with Crippen molar-refractivity contribution in [2.24, 2.45) is 0 Å². The van der Waals surface area contributed by atoms with E-state index in [0.29, 0.717) is 22.2 Å². The van der Waals surface area contributed by atoms with E-state index in [0.717, 1.165) is 23.1 Å². The third-order valence-electron chi connectivity index (χ3n) is 6.05. The molecule has 190 valence electrons. The number of amides is 2. The SMILES string of the molecule is CC[C@@H](C)NC(=O)[C@@H](Cc1ccccc1)N(Cc1ccc(Cl)c(Cl)c1)C(=O)COc1ccccc1C. The largest absolute Gasteiger partial charge is 0.484 e. The van der Waals surface area contributed by atoms with Crippen LogP contribution >= 0.6 is 23.2 Å². The van der Waals surface area contributed by atoms with Gasteiger partial charge in [-0.3, -0.25) is 9.59 Å². The summed E-state index contributed by atoms with van der Waals surface area (Å²) in [6.45, 7) is 5.85. The lowest BCUT2D eigenvalue weighted by Crippen LogP contribution is -2.53. The Hall–Kier alpha value is -3.02. The average Bonchev–Trinajstić information content (AvgIpc) is 2.88. The van der Waals surface area contributed by atoms with Crippen LogP contribution in [0.2, 0.25) is 10.0 Å². The summed E-state index contributed by atoms with van der Waals surface area (Å²) in [5, 5.41) is 3.87. The number of carbonyl (C=O) groups is 2. The van der Waals surface area contributed by atoms with Gasteiger partial charge in [-0.05, 0) is 55.2 Å². The fraction of sp³-hybridized carbons (Fsp3) is 0.310. The standard InChI is InChI=1S/C29H32Cl2N2O3/c1-4-21(3)32-29(35)26(17-22-11-6-5-7-12-22)33(18-23-14-15-24(30)25(31)16-23)28(34)19-36-27-13-9-8-10-20(27)2/h5-16,21,26H,4,17-19H2,1-3H3,(H,32,35)/t21-,26-/m1/s1. The molecule has 0 saturated heterocycles.